The Kier molecular flexibility index (Phi) is 7.37. The minimum atomic E-state index is -0.242. The smallest absolute Gasteiger partial charge is 0.114 e. The van der Waals surface area contributed by atoms with Gasteiger partial charge in [0.05, 0.1) is 25.4 Å². The maximum Gasteiger partial charge on any atom is 0.114 e. The van der Waals surface area contributed by atoms with Crippen LogP contribution in [0.3, 0.4) is 0 Å². The first-order valence-corrected chi connectivity index (χ1v) is 9.68. The average molecular weight is 347 g/mol. The van der Waals surface area contributed by atoms with E-state index in [0.717, 1.165) is 50.0 Å². The van der Waals surface area contributed by atoms with Gasteiger partial charge in [0.25, 0.3) is 0 Å². The summed E-state index contributed by atoms with van der Waals surface area (Å²) in [6.07, 6.45) is 21.4. The lowest BCUT2D eigenvalue weighted by Crippen LogP contribution is -2.43. The molecule has 0 spiro atoms. The second-order valence-corrected chi connectivity index (χ2v) is 7.13. The number of rotatable bonds is 10. The van der Waals surface area contributed by atoms with E-state index in [1.165, 1.54) is 12.8 Å². The van der Waals surface area contributed by atoms with Crippen molar-refractivity contribution in [3.63, 3.8) is 0 Å². The molecular formula is C22H34O3. The number of methoxy groups -OCH3 is 2. The molecular weight excluding hydrogens is 312 g/mol. The Hall–Kier alpha value is -1.48. The highest BCUT2D eigenvalue weighted by Crippen LogP contribution is 2.40. The number of hydrogen-bond acceptors (Lipinski definition) is 3. The lowest BCUT2D eigenvalue weighted by molar-refractivity contribution is -0.116. The molecule has 0 radical (unpaired) electrons. The molecule has 2 aliphatic rings. The SMILES string of the molecule is CCCCC1(OC2(CCCC)C=CC(OC)=CC2)C=CC(OC)=CC1. The summed E-state index contributed by atoms with van der Waals surface area (Å²) in [4.78, 5) is 0. The van der Waals surface area contributed by atoms with Crippen LogP contribution in [-0.2, 0) is 14.2 Å². The zero-order valence-electron chi connectivity index (χ0n) is 16.3. The molecule has 2 atom stereocenters. The van der Waals surface area contributed by atoms with Crippen molar-refractivity contribution in [2.45, 2.75) is 76.4 Å². The maximum atomic E-state index is 6.92. The van der Waals surface area contributed by atoms with E-state index < -0.39 is 0 Å². The van der Waals surface area contributed by atoms with Crippen LogP contribution < -0.4 is 0 Å². The van der Waals surface area contributed by atoms with Crippen molar-refractivity contribution in [1.82, 2.24) is 0 Å². The van der Waals surface area contributed by atoms with E-state index in [-0.39, 0.29) is 11.2 Å². The second kappa shape index (κ2) is 9.28. The van der Waals surface area contributed by atoms with Crippen molar-refractivity contribution >= 4 is 0 Å². The average Bonchev–Trinajstić information content (AvgIpc) is 2.66. The van der Waals surface area contributed by atoms with E-state index in [1.807, 2.05) is 0 Å². The Morgan fingerprint density at radius 3 is 1.52 bits per heavy atom. The quantitative estimate of drug-likeness (QED) is 0.497. The Labute approximate surface area is 153 Å². The van der Waals surface area contributed by atoms with Crippen molar-refractivity contribution in [3.05, 3.63) is 48.0 Å². The van der Waals surface area contributed by atoms with Crippen molar-refractivity contribution in [2.75, 3.05) is 14.2 Å². The largest absolute Gasteiger partial charge is 0.497 e. The van der Waals surface area contributed by atoms with E-state index in [0.29, 0.717) is 0 Å². The maximum absolute atomic E-state index is 6.92. The van der Waals surface area contributed by atoms with Crippen LogP contribution in [0.4, 0.5) is 0 Å². The lowest BCUT2D eigenvalue weighted by Gasteiger charge is -2.43. The van der Waals surface area contributed by atoms with Gasteiger partial charge in [0.2, 0.25) is 0 Å². The monoisotopic (exact) mass is 346 g/mol. The topological polar surface area (TPSA) is 27.7 Å². The number of allylic oxidation sites excluding steroid dienone is 2. The molecule has 3 heteroatoms. The summed E-state index contributed by atoms with van der Waals surface area (Å²) in [5, 5.41) is 0. The van der Waals surface area contributed by atoms with E-state index in [2.05, 4.69) is 50.3 Å². The molecule has 0 saturated heterocycles. The van der Waals surface area contributed by atoms with Crippen LogP contribution >= 0.6 is 0 Å². The van der Waals surface area contributed by atoms with Gasteiger partial charge in [0.15, 0.2) is 0 Å². The molecule has 0 heterocycles. The molecule has 0 saturated carbocycles. The summed E-state index contributed by atoms with van der Waals surface area (Å²) in [6, 6.07) is 0. The standard InChI is InChI=1S/C22H34O3/c1-5-7-13-21(15-9-19(23-3)10-16-21)25-22(14-8-6-2)17-11-20(24-4)12-18-22/h9-12,15,17H,5-8,13-14,16,18H2,1-4H3. The Bertz CT molecular complexity index is 495. The molecule has 0 bridgehead atoms. The highest BCUT2D eigenvalue weighted by molar-refractivity contribution is 5.28. The first-order chi connectivity index (χ1) is 12.1. The Morgan fingerprint density at radius 1 is 0.800 bits per heavy atom. The molecule has 2 unspecified atom stereocenters. The van der Waals surface area contributed by atoms with Gasteiger partial charge in [-0.2, -0.15) is 0 Å². The van der Waals surface area contributed by atoms with Crippen LogP contribution in [0.5, 0.6) is 0 Å². The number of ether oxygens (including phenoxy) is 3. The van der Waals surface area contributed by atoms with Crippen LogP contribution in [0.15, 0.2) is 48.0 Å². The van der Waals surface area contributed by atoms with Gasteiger partial charge >= 0.3 is 0 Å². The highest BCUT2D eigenvalue weighted by Gasteiger charge is 2.39. The zero-order chi connectivity index (χ0) is 18.2. The zero-order valence-corrected chi connectivity index (χ0v) is 16.3. The van der Waals surface area contributed by atoms with Gasteiger partial charge in [-0.3, -0.25) is 0 Å². The van der Waals surface area contributed by atoms with Crippen LogP contribution in [0, 0.1) is 0 Å². The molecule has 0 amide bonds. The van der Waals surface area contributed by atoms with Crippen molar-refractivity contribution in [1.29, 1.82) is 0 Å². The van der Waals surface area contributed by atoms with Crippen molar-refractivity contribution in [3.8, 4) is 0 Å². The van der Waals surface area contributed by atoms with Gasteiger partial charge < -0.3 is 14.2 Å². The number of unbranched alkanes of at least 4 members (excludes halogenated alkanes) is 2. The molecule has 0 fully saturated rings. The van der Waals surface area contributed by atoms with Gasteiger partial charge in [-0.15, -0.1) is 0 Å². The van der Waals surface area contributed by atoms with Crippen molar-refractivity contribution < 1.29 is 14.2 Å². The van der Waals surface area contributed by atoms with Gasteiger partial charge in [-0.05, 0) is 49.3 Å². The summed E-state index contributed by atoms with van der Waals surface area (Å²) in [5.41, 5.74) is -0.483. The van der Waals surface area contributed by atoms with E-state index in [4.69, 9.17) is 14.2 Å². The molecule has 2 rings (SSSR count). The van der Waals surface area contributed by atoms with Crippen LogP contribution in [-0.4, -0.2) is 25.4 Å². The summed E-state index contributed by atoms with van der Waals surface area (Å²) in [6.45, 7) is 4.47. The predicted molar refractivity (Wildman–Crippen MR) is 103 cm³/mol. The summed E-state index contributed by atoms with van der Waals surface area (Å²) in [7, 11) is 3.44. The van der Waals surface area contributed by atoms with Gasteiger partial charge in [0.1, 0.15) is 11.5 Å². The molecule has 0 aromatic carbocycles. The third-order valence-electron chi connectivity index (χ3n) is 5.19. The Morgan fingerprint density at radius 2 is 1.24 bits per heavy atom. The summed E-state index contributed by atoms with van der Waals surface area (Å²) >= 11 is 0. The molecule has 0 aliphatic heterocycles. The third-order valence-corrected chi connectivity index (χ3v) is 5.19. The molecule has 2 aliphatic carbocycles. The highest BCUT2D eigenvalue weighted by atomic mass is 16.5. The number of hydrogen-bond donors (Lipinski definition) is 0. The van der Waals surface area contributed by atoms with Gasteiger partial charge in [0, 0.05) is 12.8 Å². The van der Waals surface area contributed by atoms with Crippen LogP contribution in [0.25, 0.3) is 0 Å². The minimum absolute atomic E-state index is 0.242. The first kappa shape index (κ1) is 19.8. The lowest BCUT2D eigenvalue weighted by atomic mass is 9.84. The molecule has 25 heavy (non-hydrogen) atoms. The van der Waals surface area contributed by atoms with E-state index >= 15 is 0 Å². The van der Waals surface area contributed by atoms with E-state index in [1.54, 1.807) is 14.2 Å². The predicted octanol–water partition coefficient (Wildman–Crippen LogP) is 5.84. The van der Waals surface area contributed by atoms with E-state index in [9.17, 15) is 0 Å². The molecule has 0 aromatic heterocycles. The normalized spacial score (nSPS) is 28.5. The van der Waals surface area contributed by atoms with Crippen LogP contribution in [0.1, 0.15) is 65.2 Å². The molecule has 140 valence electrons. The van der Waals surface area contributed by atoms with Gasteiger partial charge in [-0.1, -0.05) is 39.5 Å². The molecule has 3 nitrogen and oxygen atoms in total. The fourth-order valence-electron chi connectivity index (χ4n) is 3.57. The fraction of sp³-hybridized carbons (Fsp3) is 0.636. The molecule has 0 N–H and O–H groups in total. The van der Waals surface area contributed by atoms with Gasteiger partial charge in [-0.25, -0.2) is 0 Å². The Balaban J connectivity index is 2.21. The minimum Gasteiger partial charge on any atom is -0.497 e. The third kappa shape index (κ3) is 5.24. The van der Waals surface area contributed by atoms with Crippen LogP contribution in [0.2, 0.25) is 0 Å². The summed E-state index contributed by atoms with van der Waals surface area (Å²) in [5.74, 6) is 1.86. The first-order valence-electron chi connectivity index (χ1n) is 9.68. The second-order valence-electron chi connectivity index (χ2n) is 7.13. The molecule has 0 aromatic rings. The summed E-state index contributed by atoms with van der Waals surface area (Å²) < 4.78 is 17.7. The fourth-order valence-corrected chi connectivity index (χ4v) is 3.57. The van der Waals surface area contributed by atoms with Crippen molar-refractivity contribution in [2.24, 2.45) is 0 Å².